The molecule has 0 aromatic rings. The summed E-state index contributed by atoms with van der Waals surface area (Å²) in [6, 6.07) is 0. The lowest BCUT2D eigenvalue weighted by molar-refractivity contribution is -0.161. The quantitative estimate of drug-likeness (QED) is 0.0146. The van der Waals surface area contributed by atoms with Gasteiger partial charge in [-0.1, -0.05) is 286 Å². The normalized spacial score (nSPS) is 15.1. The highest BCUT2D eigenvalue weighted by Crippen LogP contribution is 2.45. The molecular weight excluding hydrogens is 1340 g/mol. The summed E-state index contributed by atoms with van der Waals surface area (Å²) in [6.45, 7) is 2.22. The first-order valence-corrected chi connectivity index (χ1v) is 41.7. The summed E-state index contributed by atoms with van der Waals surface area (Å²) in [5.74, 6) is -1.68. The Morgan fingerprint density at radius 3 is 0.796 bits per heavy atom. The second-order valence-electron chi connectivity index (χ2n) is 25.0. The van der Waals surface area contributed by atoms with Crippen molar-refractivity contribution in [2.24, 2.45) is 0 Å². The van der Waals surface area contributed by atoms with Crippen molar-refractivity contribution in [3.05, 3.63) is 194 Å². The second kappa shape index (κ2) is 76.1. The van der Waals surface area contributed by atoms with Crippen LogP contribution in [0.25, 0.3) is 0 Å². The molecule has 582 valence electrons. The first kappa shape index (κ1) is 97.4. The molecule has 0 aliphatic heterocycles. The van der Waals surface area contributed by atoms with Gasteiger partial charge in [0.25, 0.3) is 0 Å². The van der Waals surface area contributed by atoms with Crippen molar-refractivity contribution >= 4 is 33.6 Å². The molecule has 4 N–H and O–H groups in total. The van der Waals surface area contributed by atoms with Crippen LogP contribution in [-0.4, -0.2) is 95.9 Å². The largest absolute Gasteiger partial charge is 0.472 e. The van der Waals surface area contributed by atoms with Crippen LogP contribution in [0.1, 0.15) is 265 Å². The van der Waals surface area contributed by atoms with E-state index >= 15 is 0 Å². The third-order valence-corrected chi connectivity index (χ3v) is 17.2. The number of allylic oxidation sites excluding steroid dienone is 32. The van der Waals surface area contributed by atoms with Gasteiger partial charge in [0.15, 0.2) is 6.10 Å². The highest BCUT2D eigenvalue weighted by Gasteiger charge is 2.29. The lowest BCUT2D eigenvalue weighted by Gasteiger charge is -2.21. The van der Waals surface area contributed by atoms with Crippen molar-refractivity contribution in [3.8, 4) is 0 Å². The maximum Gasteiger partial charge on any atom is 0.472 e. The number of rotatable bonds is 71. The van der Waals surface area contributed by atoms with E-state index in [0.29, 0.717) is 25.7 Å². The van der Waals surface area contributed by atoms with Gasteiger partial charge in [-0.15, -0.1) is 0 Å². The van der Waals surface area contributed by atoms with E-state index in [1.54, 1.807) is 0 Å². The number of carbonyl (C=O) groups is 3. The predicted molar refractivity (Wildman–Crippen MR) is 426 cm³/mol. The summed E-state index contributed by atoms with van der Waals surface area (Å²) in [7, 11) is -9.83. The molecule has 0 amide bonds. The van der Waals surface area contributed by atoms with Crippen LogP contribution in [0, 0.1) is 0 Å². The highest BCUT2D eigenvalue weighted by molar-refractivity contribution is 7.47. The summed E-state index contributed by atoms with van der Waals surface area (Å²) in [5, 5.41) is 20.6. The number of aliphatic hydroxyl groups excluding tert-OH is 2. The predicted octanol–water partition coefficient (Wildman–Crippen LogP) is 22.8. The fraction of sp³-hybridized carbons (Fsp3) is 0.588. The summed E-state index contributed by atoms with van der Waals surface area (Å²) < 4.78 is 61.1. The summed E-state index contributed by atoms with van der Waals surface area (Å²) >= 11 is 0. The number of ether oxygens (including phenoxy) is 3. The van der Waals surface area contributed by atoms with Gasteiger partial charge in [-0.05, 0) is 154 Å². The third kappa shape index (κ3) is 77.3. The number of aliphatic hydroxyl groups is 2. The Labute approximate surface area is 623 Å². The van der Waals surface area contributed by atoms with Gasteiger partial charge in [-0.2, -0.15) is 0 Å². The van der Waals surface area contributed by atoms with E-state index in [4.69, 9.17) is 32.3 Å². The van der Waals surface area contributed by atoms with Crippen molar-refractivity contribution in [1.82, 2.24) is 0 Å². The van der Waals surface area contributed by atoms with Gasteiger partial charge in [-0.3, -0.25) is 32.5 Å². The molecule has 0 aliphatic carbocycles. The zero-order valence-electron chi connectivity index (χ0n) is 63.4. The first-order valence-electron chi connectivity index (χ1n) is 38.7. The van der Waals surface area contributed by atoms with Crippen LogP contribution in [0.5, 0.6) is 0 Å². The zero-order chi connectivity index (χ0) is 75.2. The van der Waals surface area contributed by atoms with Gasteiger partial charge in [-0.25, -0.2) is 9.13 Å². The van der Waals surface area contributed by atoms with Crippen molar-refractivity contribution in [1.29, 1.82) is 0 Å². The second-order valence-corrected chi connectivity index (χ2v) is 27.9. The minimum absolute atomic E-state index is 0.0157. The SMILES string of the molecule is CC/C=C\C/C=C\C/C=C\C/C=C\C/C=C\C/C=C\CCCCCCCCCCC(=O)OCC(O)COP(=O)(O)OCC(O)COP(=O)(O)OCC(COC(=O)CCCCCCCCC/C=C\C/C=C\C/C=C\C/C=C\C/C=C\CC)OC(=O)CCC/C=C\C/C=C\C/C=C\C/C=C\C/C=C\CC. The summed E-state index contributed by atoms with van der Waals surface area (Å²) in [4.78, 5) is 58.6. The van der Waals surface area contributed by atoms with Gasteiger partial charge in [0.1, 0.15) is 25.4 Å². The molecule has 0 aromatic heterocycles. The van der Waals surface area contributed by atoms with E-state index < -0.39 is 91.5 Å². The van der Waals surface area contributed by atoms with E-state index in [1.165, 1.54) is 19.3 Å². The standard InChI is InChI=1S/C85H136O16P2/c1-4-7-10-13-16-19-22-25-28-31-33-35-37-38-39-40-42-44-45-48-50-53-56-59-62-65-68-71-83(88)95-74-80(86)75-97-102(91,92)98-76-81(87)77-99-103(93,94)100-79-82(101-85(90)73-70-67-64-61-58-55-52-47-30-27-24-21-18-15-12-9-6-3)78-96-84(89)72-69-66-63-60-57-54-51-49-46-43-41-36-34-32-29-26-23-20-17-14-11-8-5-2/h7-12,16-21,25-30,33-36,38-39,42-44,46,52,55,61,64,80-82,86-87H,4-6,13-15,22-24,31-32,37,40-41,45,47-51,53-54,56-60,62-63,65-79H2,1-3H3,(H,91,92)(H,93,94)/b10-7-,11-8-,12-9-,19-16-,20-17-,21-18-,28-25-,29-26-,30-27-,35-33-,36-34-,39-38-,44-42-,46-43-,55-52-,64-61-. The molecule has 0 bridgehead atoms. The molecule has 0 aromatic carbocycles. The van der Waals surface area contributed by atoms with Gasteiger partial charge in [0.05, 0.1) is 26.4 Å². The fourth-order valence-electron chi connectivity index (χ4n) is 9.52. The molecule has 18 heteroatoms. The lowest BCUT2D eigenvalue weighted by Crippen LogP contribution is -2.30. The van der Waals surface area contributed by atoms with Crippen molar-refractivity contribution < 1.29 is 75.8 Å². The lowest BCUT2D eigenvalue weighted by atomic mass is 10.1. The van der Waals surface area contributed by atoms with Crippen LogP contribution in [-0.2, 0) is 55.8 Å². The van der Waals surface area contributed by atoms with Gasteiger partial charge < -0.3 is 34.2 Å². The average molecular weight is 1480 g/mol. The number of hydrogen-bond acceptors (Lipinski definition) is 14. The molecule has 0 fully saturated rings. The van der Waals surface area contributed by atoms with Crippen LogP contribution < -0.4 is 0 Å². The number of carbonyl (C=O) groups excluding carboxylic acids is 3. The Hall–Kier alpha value is -5.61. The first-order chi connectivity index (χ1) is 50.2. The number of esters is 3. The molecule has 0 saturated carbocycles. The number of phosphoric ester groups is 2. The topological polar surface area (TPSA) is 231 Å². The zero-order valence-corrected chi connectivity index (χ0v) is 65.2. The Morgan fingerprint density at radius 2 is 0.495 bits per heavy atom. The van der Waals surface area contributed by atoms with Crippen LogP contribution in [0.4, 0.5) is 0 Å². The number of hydrogen-bond donors (Lipinski definition) is 4. The summed E-state index contributed by atoms with van der Waals surface area (Å²) in [5.41, 5.74) is 0. The smallest absolute Gasteiger partial charge is 0.463 e. The van der Waals surface area contributed by atoms with Crippen molar-refractivity contribution in [2.45, 2.75) is 283 Å². The van der Waals surface area contributed by atoms with Crippen LogP contribution in [0.2, 0.25) is 0 Å². The van der Waals surface area contributed by atoms with Crippen LogP contribution in [0.3, 0.4) is 0 Å². The molecule has 0 rings (SSSR count). The Bertz CT molecular complexity index is 2650. The Morgan fingerprint density at radius 1 is 0.272 bits per heavy atom. The van der Waals surface area contributed by atoms with Gasteiger partial charge >= 0.3 is 33.6 Å². The molecule has 0 heterocycles. The monoisotopic (exact) mass is 1470 g/mol. The van der Waals surface area contributed by atoms with Crippen LogP contribution in [0.15, 0.2) is 194 Å². The minimum Gasteiger partial charge on any atom is -0.463 e. The molecule has 16 nitrogen and oxygen atoms in total. The molecule has 0 aliphatic rings. The van der Waals surface area contributed by atoms with E-state index in [1.807, 2.05) is 12.2 Å². The molecule has 5 atom stereocenters. The van der Waals surface area contributed by atoms with Crippen molar-refractivity contribution in [2.75, 3.05) is 39.6 Å². The highest BCUT2D eigenvalue weighted by atomic mass is 31.2. The van der Waals surface area contributed by atoms with Gasteiger partial charge in [0.2, 0.25) is 0 Å². The van der Waals surface area contributed by atoms with E-state index in [0.717, 1.165) is 180 Å². The van der Waals surface area contributed by atoms with E-state index in [2.05, 4.69) is 203 Å². The Kier molecular flexibility index (Phi) is 71.9. The summed E-state index contributed by atoms with van der Waals surface area (Å²) in [6.07, 6.45) is 99.1. The maximum atomic E-state index is 13.0. The molecule has 0 saturated heterocycles. The molecule has 0 radical (unpaired) electrons. The van der Waals surface area contributed by atoms with Crippen LogP contribution >= 0.6 is 15.6 Å². The average Bonchev–Trinajstić information content (AvgIpc) is 0.929. The third-order valence-electron chi connectivity index (χ3n) is 15.3. The Balaban J connectivity index is 4.69. The molecular formula is C85H136O16P2. The minimum atomic E-state index is -4.96. The number of unbranched alkanes of at least 4 members (excludes halogenated alkanes) is 16. The number of phosphoric acid groups is 2. The fourth-order valence-corrected chi connectivity index (χ4v) is 11.1. The van der Waals surface area contributed by atoms with E-state index in [9.17, 15) is 43.5 Å². The van der Waals surface area contributed by atoms with Gasteiger partial charge in [0, 0.05) is 19.3 Å². The maximum absolute atomic E-state index is 13.0. The molecule has 103 heavy (non-hydrogen) atoms. The molecule has 0 spiro atoms. The van der Waals surface area contributed by atoms with Crippen molar-refractivity contribution in [3.63, 3.8) is 0 Å². The molecule has 5 unspecified atom stereocenters. The van der Waals surface area contributed by atoms with E-state index in [-0.39, 0.29) is 19.3 Å².